The number of hydrogen-bond acceptors (Lipinski definition) is 6. The molecule has 1 atom stereocenters. The number of fused-ring (bicyclic) bond motifs is 2. The van der Waals surface area contributed by atoms with E-state index >= 15 is 0 Å². The van der Waals surface area contributed by atoms with Crippen LogP contribution < -0.4 is 0 Å². The van der Waals surface area contributed by atoms with Crippen molar-refractivity contribution in [2.45, 2.75) is 18.9 Å². The molecule has 0 saturated carbocycles. The maximum Gasteiger partial charge on any atom is 0.0872 e. The Morgan fingerprint density at radius 2 is 1.37 bits per heavy atom. The molecule has 0 aliphatic heterocycles. The molecule has 192 valence electrons. The average molecular weight is 484 g/mol. The summed E-state index contributed by atoms with van der Waals surface area (Å²) in [6, 6.07) is 17.4. The van der Waals surface area contributed by atoms with Gasteiger partial charge in [-0.15, -0.1) is 0 Å². The fraction of sp³-hybridized carbons (Fsp3) is 0.517. The molecule has 6 heteroatoms. The van der Waals surface area contributed by atoms with Gasteiger partial charge in [0.15, 0.2) is 0 Å². The molecule has 0 amide bonds. The molecule has 2 aromatic carbocycles. The van der Waals surface area contributed by atoms with Crippen LogP contribution >= 0.6 is 0 Å². The van der Waals surface area contributed by atoms with E-state index in [2.05, 4.69) is 73.6 Å². The van der Waals surface area contributed by atoms with E-state index < -0.39 is 0 Å². The first kappa shape index (κ1) is 27.5. The van der Waals surface area contributed by atoms with Gasteiger partial charge in [0, 0.05) is 20.1 Å². The summed E-state index contributed by atoms with van der Waals surface area (Å²) in [6.45, 7) is 5.53. The van der Waals surface area contributed by atoms with Gasteiger partial charge in [-0.1, -0.05) is 54.6 Å². The van der Waals surface area contributed by atoms with Gasteiger partial charge in [-0.2, -0.15) is 0 Å². The van der Waals surface area contributed by atoms with Crippen molar-refractivity contribution < 1.29 is 23.7 Å². The summed E-state index contributed by atoms with van der Waals surface area (Å²) < 4.78 is 28.0. The molecule has 6 nitrogen and oxygen atoms in total. The number of rotatable bonds is 16. The molecule has 3 rings (SSSR count). The van der Waals surface area contributed by atoms with Crippen LogP contribution in [0.25, 0.3) is 5.57 Å². The highest BCUT2D eigenvalue weighted by Gasteiger charge is 2.25. The van der Waals surface area contributed by atoms with Crippen LogP contribution in [0.15, 0.2) is 54.6 Å². The fourth-order valence-corrected chi connectivity index (χ4v) is 4.21. The summed E-state index contributed by atoms with van der Waals surface area (Å²) >= 11 is 0. The first-order chi connectivity index (χ1) is 17.2. The Hall–Kier alpha value is -2.06. The molecule has 0 unspecified atom stereocenters. The number of ether oxygens (including phenoxy) is 5. The van der Waals surface area contributed by atoms with Gasteiger partial charge >= 0.3 is 0 Å². The molecule has 35 heavy (non-hydrogen) atoms. The summed E-state index contributed by atoms with van der Waals surface area (Å²) in [5.74, 6) is 0. The molecule has 1 aliphatic rings. The second-order valence-electron chi connectivity index (χ2n) is 8.85. The van der Waals surface area contributed by atoms with Crippen molar-refractivity contribution in [3.05, 3.63) is 76.9 Å². The SMILES string of the molecule is COCCOCCOCCOCCO[C@H]1Cc2ccccc2/C(=C\CCN(C)C)c2ccccc21. The van der Waals surface area contributed by atoms with Crippen molar-refractivity contribution in [2.75, 3.05) is 80.6 Å². The molecule has 2 aromatic rings. The second kappa shape index (κ2) is 15.8. The lowest BCUT2D eigenvalue weighted by atomic mass is 9.93. The van der Waals surface area contributed by atoms with Crippen molar-refractivity contribution in [1.82, 2.24) is 4.90 Å². The van der Waals surface area contributed by atoms with E-state index in [4.69, 9.17) is 23.7 Å². The number of benzene rings is 2. The van der Waals surface area contributed by atoms with Gasteiger partial charge in [0.05, 0.1) is 59.0 Å². The van der Waals surface area contributed by atoms with E-state index in [1.165, 1.54) is 27.8 Å². The molecule has 0 N–H and O–H groups in total. The lowest BCUT2D eigenvalue weighted by molar-refractivity contribution is -0.0218. The number of hydrogen-bond donors (Lipinski definition) is 0. The van der Waals surface area contributed by atoms with E-state index in [9.17, 15) is 0 Å². The third-order valence-corrected chi connectivity index (χ3v) is 5.96. The zero-order valence-corrected chi connectivity index (χ0v) is 21.5. The fourth-order valence-electron chi connectivity index (χ4n) is 4.21. The van der Waals surface area contributed by atoms with Gasteiger partial charge in [-0.25, -0.2) is 0 Å². The van der Waals surface area contributed by atoms with Crippen molar-refractivity contribution in [1.29, 1.82) is 0 Å². The Bertz CT molecular complexity index is 898. The van der Waals surface area contributed by atoms with E-state index in [1.807, 2.05) is 0 Å². The smallest absolute Gasteiger partial charge is 0.0872 e. The van der Waals surface area contributed by atoms with E-state index in [-0.39, 0.29) is 6.10 Å². The van der Waals surface area contributed by atoms with Crippen LogP contribution in [0.3, 0.4) is 0 Å². The van der Waals surface area contributed by atoms with Crippen LogP contribution in [-0.2, 0) is 30.1 Å². The maximum absolute atomic E-state index is 6.39. The lowest BCUT2D eigenvalue weighted by Crippen LogP contribution is -2.15. The predicted octanol–water partition coefficient (Wildman–Crippen LogP) is 4.38. The molecule has 0 fully saturated rings. The monoisotopic (exact) mass is 483 g/mol. The Kier molecular flexibility index (Phi) is 12.5. The van der Waals surface area contributed by atoms with Crippen molar-refractivity contribution in [3.8, 4) is 0 Å². The quantitative estimate of drug-likeness (QED) is 0.330. The molecule has 0 radical (unpaired) electrons. The molecule has 0 saturated heterocycles. The standard InChI is InChI=1S/C29H41NO5/c1-30(2)14-8-13-26-25-10-5-4-9-24(25)23-29(28-12-7-6-11-27(26)28)35-22-21-34-20-19-33-18-17-32-16-15-31-3/h4-7,9-13,29H,8,14-23H2,1-3H3/b26-13+/t29-/m0/s1. The Balaban J connectivity index is 1.53. The van der Waals surface area contributed by atoms with Crippen LogP contribution in [-0.4, -0.2) is 85.5 Å². The van der Waals surface area contributed by atoms with Gasteiger partial charge in [-0.3, -0.25) is 0 Å². The molecule has 0 heterocycles. The Labute approximate surface area is 210 Å². The first-order valence-electron chi connectivity index (χ1n) is 12.6. The number of methoxy groups -OCH3 is 1. The summed E-state index contributed by atoms with van der Waals surface area (Å²) in [6.07, 6.45) is 4.23. The highest BCUT2D eigenvalue weighted by molar-refractivity contribution is 5.84. The van der Waals surface area contributed by atoms with E-state index in [1.54, 1.807) is 7.11 Å². The maximum atomic E-state index is 6.39. The largest absolute Gasteiger partial charge is 0.382 e. The summed E-state index contributed by atoms with van der Waals surface area (Å²) in [5.41, 5.74) is 6.46. The van der Waals surface area contributed by atoms with Crippen LogP contribution in [0, 0.1) is 0 Å². The lowest BCUT2D eigenvalue weighted by Gasteiger charge is -2.19. The minimum Gasteiger partial charge on any atom is -0.382 e. The predicted molar refractivity (Wildman–Crippen MR) is 140 cm³/mol. The van der Waals surface area contributed by atoms with Crippen LogP contribution in [0.5, 0.6) is 0 Å². The minimum atomic E-state index is -0.00352. The van der Waals surface area contributed by atoms with Gasteiger partial charge in [0.25, 0.3) is 0 Å². The van der Waals surface area contributed by atoms with Crippen LogP contribution in [0.2, 0.25) is 0 Å². The second-order valence-corrected chi connectivity index (χ2v) is 8.85. The summed E-state index contributed by atoms with van der Waals surface area (Å²) in [7, 11) is 5.89. The number of nitrogens with zero attached hydrogens (tertiary/aromatic N) is 1. The molecule has 0 spiro atoms. The summed E-state index contributed by atoms with van der Waals surface area (Å²) in [5, 5.41) is 0. The van der Waals surface area contributed by atoms with Gasteiger partial charge in [0.2, 0.25) is 0 Å². The topological polar surface area (TPSA) is 49.4 Å². The zero-order valence-electron chi connectivity index (χ0n) is 21.5. The van der Waals surface area contributed by atoms with Crippen molar-refractivity contribution in [3.63, 3.8) is 0 Å². The van der Waals surface area contributed by atoms with Gasteiger partial charge < -0.3 is 28.6 Å². The van der Waals surface area contributed by atoms with Crippen molar-refractivity contribution >= 4 is 5.57 Å². The van der Waals surface area contributed by atoms with Crippen molar-refractivity contribution in [2.24, 2.45) is 0 Å². The van der Waals surface area contributed by atoms with Gasteiger partial charge in [0.1, 0.15) is 0 Å². The average Bonchev–Trinajstić information content (AvgIpc) is 2.99. The zero-order chi connectivity index (χ0) is 24.7. The molecular formula is C29H41NO5. The third kappa shape index (κ3) is 9.15. The third-order valence-electron chi connectivity index (χ3n) is 5.96. The highest BCUT2D eigenvalue weighted by atomic mass is 16.6. The molecule has 0 aromatic heterocycles. The highest BCUT2D eigenvalue weighted by Crippen LogP contribution is 2.39. The Morgan fingerprint density at radius 1 is 0.771 bits per heavy atom. The van der Waals surface area contributed by atoms with E-state index in [0.717, 1.165) is 19.4 Å². The van der Waals surface area contributed by atoms with Crippen LogP contribution in [0.1, 0.15) is 34.8 Å². The summed E-state index contributed by atoms with van der Waals surface area (Å²) in [4.78, 5) is 2.22. The van der Waals surface area contributed by atoms with E-state index in [0.29, 0.717) is 52.9 Å². The van der Waals surface area contributed by atoms with Gasteiger partial charge in [-0.05, 0) is 48.3 Å². The minimum absolute atomic E-state index is 0.00352. The first-order valence-corrected chi connectivity index (χ1v) is 12.6. The normalized spacial score (nSPS) is 16.3. The molecular weight excluding hydrogens is 442 g/mol. The molecule has 1 aliphatic carbocycles. The van der Waals surface area contributed by atoms with Crippen LogP contribution in [0.4, 0.5) is 0 Å². The molecule has 0 bridgehead atoms. The Morgan fingerprint density at radius 3 is 2.06 bits per heavy atom.